The number of ether oxygens (including phenoxy) is 4. The highest BCUT2D eigenvalue weighted by molar-refractivity contribution is 6.35. The van der Waals surface area contributed by atoms with Gasteiger partial charge in [-0.3, -0.25) is 4.79 Å². The van der Waals surface area contributed by atoms with Gasteiger partial charge in [0.15, 0.2) is 11.5 Å². The molecule has 0 unspecified atom stereocenters. The third-order valence-electron chi connectivity index (χ3n) is 6.64. The minimum Gasteiger partial charge on any atom is -0.493 e. The van der Waals surface area contributed by atoms with Crippen LogP contribution in [0.25, 0.3) is 10.8 Å². The number of halogens is 2. The predicted molar refractivity (Wildman–Crippen MR) is 171 cm³/mol. The van der Waals surface area contributed by atoms with E-state index in [0.717, 1.165) is 16.3 Å². The summed E-state index contributed by atoms with van der Waals surface area (Å²) in [5.41, 5.74) is 4.48. The number of fused-ring (bicyclic) bond motifs is 1. The molecule has 44 heavy (non-hydrogen) atoms. The Morgan fingerprint density at radius 2 is 1.52 bits per heavy atom. The van der Waals surface area contributed by atoms with Crippen molar-refractivity contribution >= 4 is 52.1 Å². The largest absolute Gasteiger partial charge is 0.493 e. The molecule has 0 saturated carbocycles. The van der Waals surface area contributed by atoms with Gasteiger partial charge in [0.05, 0.1) is 26.0 Å². The molecular weight excluding hydrogens is 603 g/mol. The van der Waals surface area contributed by atoms with Gasteiger partial charge in [0.1, 0.15) is 18.1 Å². The van der Waals surface area contributed by atoms with E-state index in [9.17, 15) is 9.59 Å². The summed E-state index contributed by atoms with van der Waals surface area (Å²) >= 11 is 12.2. The number of amides is 1. The molecule has 0 atom stereocenters. The van der Waals surface area contributed by atoms with E-state index >= 15 is 0 Å². The number of nitrogens with zero attached hydrogens (tertiary/aromatic N) is 1. The maximum Gasteiger partial charge on any atom is 0.343 e. The van der Waals surface area contributed by atoms with Gasteiger partial charge in [-0.05, 0) is 71.4 Å². The van der Waals surface area contributed by atoms with E-state index in [-0.39, 0.29) is 17.9 Å². The van der Waals surface area contributed by atoms with Crippen LogP contribution in [0.4, 0.5) is 0 Å². The second-order valence-corrected chi connectivity index (χ2v) is 10.2. The van der Waals surface area contributed by atoms with E-state index in [1.807, 2.05) is 30.3 Å². The molecule has 0 aromatic heterocycles. The maximum atomic E-state index is 13.1. The molecular formula is C34H26Cl2N2O6. The lowest BCUT2D eigenvalue weighted by Gasteiger charge is -2.12. The molecule has 0 radical (unpaired) electrons. The first-order chi connectivity index (χ1) is 21.4. The van der Waals surface area contributed by atoms with Crippen molar-refractivity contribution in [1.29, 1.82) is 0 Å². The Hall–Kier alpha value is -5.05. The van der Waals surface area contributed by atoms with Crippen LogP contribution in [0.5, 0.6) is 23.0 Å². The standard InChI is InChI=1S/C34H26Cl2N2O6/c1-41-31-16-11-23(17-32(31)42-2)34(40)44-30-15-10-21-5-3-4-6-27(21)28(30)19-37-38-33(39)22-8-13-26(14-9-22)43-20-24-7-12-25(35)18-29(24)36/h3-19H,20H2,1-2H3,(H,38,39)/b37-19-. The summed E-state index contributed by atoms with van der Waals surface area (Å²) in [5, 5.41) is 6.91. The highest BCUT2D eigenvalue weighted by Gasteiger charge is 2.16. The lowest BCUT2D eigenvalue weighted by molar-refractivity contribution is 0.0734. The van der Waals surface area contributed by atoms with Crippen LogP contribution in [0.3, 0.4) is 0 Å². The number of rotatable bonds is 10. The van der Waals surface area contributed by atoms with Gasteiger partial charge in [0.2, 0.25) is 0 Å². The van der Waals surface area contributed by atoms with Crippen LogP contribution in [0.15, 0.2) is 102 Å². The number of hydrogen-bond acceptors (Lipinski definition) is 7. The fourth-order valence-electron chi connectivity index (χ4n) is 4.34. The number of hydrogen-bond donors (Lipinski definition) is 1. The van der Waals surface area contributed by atoms with Crippen LogP contribution in [-0.2, 0) is 6.61 Å². The number of carbonyl (C=O) groups is 2. The molecule has 0 aliphatic rings. The molecule has 1 N–H and O–H groups in total. The molecule has 222 valence electrons. The van der Waals surface area contributed by atoms with Crippen molar-refractivity contribution < 1.29 is 28.5 Å². The number of methoxy groups -OCH3 is 2. The van der Waals surface area contributed by atoms with E-state index in [1.54, 1.807) is 66.7 Å². The first-order valence-corrected chi connectivity index (χ1v) is 14.1. The molecule has 5 aromatic carbocycles. The van der Waals surface area contributed by atoms with Gasteiger partial charge in [0.25, 0.3) is 5.91 Å². The van der Waals surface area contributed by atoms with Crippen molar-refractivity contribution in [3.63, 3.8) is 0 Å². The van der Waals surface area contributed by atoms with E-state index < -0.39 is 11.9 Å². The van der Waals surface area contributed by atoms with Crippen molar-refractivity contribution in [1.82, 2.24) is 5.43 Å². The smallest absolute Gasteiger partial charge is 0.343 e. The summed E-state index contributed by atoms with van der Waals surface area (Å²) in [4.78, 5) is 25.9. The number of hydrazone groups is 1. The summed E-state index contributed by atoms with van der Waals surface area (Å²) in [5.74, 6) is 0.689. The normalized spacial score (nSPS) is 10.9. The zero-order chi connectivity index (χ0) is 31.1. The van der Waals surface area contributed by atoms with Crippen LogP contribution in [0.2, 0.25) is 10.0 Å². The highest BCUT2D eigenvalue weighted by atomic mass is 35.5. The first kappa shape index (κ1) is 30.4. The Kier molecular flexibility index (Phi) is 9.64. The number of nitrogens with one attached hydrogen (secondary N) is 1. The van der Waals surface area contributed by atoms with Gasteiger partial charge in [-0.15, -0.1) is 0 Å². The molecule has 5 aromatic rings. The molecule has 0 aliphatic carbocycles. The van der Waals surface area contributed by atoms with Crippen molar-refractivity contribution in [2.45, 2.75) is 6.61 Å². The van der Waals surface area contributed by atoms with Crippen LogP contribution >= 0.6 is 23.2 Å². The second kappa shape index (κ2) is 13.9. The third-order valence-corrected chi connectivity index (χ3v) is 7.23. The molecule has 10 heteroatoms. The molecule has 8 nitrogen and oxygen atoms in total. The monoisotopic (exact) mass is 628 g/mol. The summed E-state index contributed by atoms with van der Waals surface area (Å²) in [6, 6.07) is 27.6. The number of esters is 1. The fourth-order valence-corrected chi connectivity index (χ4v) is 4.81. The fraction of sp³-hybridized carbons (Fsp3) is 0.0882. The molecule has 1 amide bonds. The molecule has 0 saturated heterocycles. The molecule has 0 heterocycles. The molecule has 0 bridgehead atoms. The lowest BCUT2D eigenvalue weighted by atomic mass is 10.0. The molecule has 0 aliphatic heterocycles. The Balaban J connectivity index is 1.29. The number of benzene rings is 5. The first-order valence-electron chi connectivity index (χ1n) is 13.3. The molecule has 0 fully saturated rings. The summed E-state index contributed by atoms with van der Waals surface area (Å²) in [6.45, 7) is 0.246. The zero-order valence-corrected chi connectivity index (χ0v) is 25.2. The van der Waals surface area contributed by atoms with Gasteiger partial charge >= 0.3 is 5.97 Å². The summed E-state index contributed by atoms with van der Waals surface area (Å²) in [7, 11) is 3.00. The predicted octanol–water partition coefficient (Wildman–Crippen LogP) is 7.73. The van der Waals surface area contributed by atoms with Gasteiger partial charge < -0.3 is 18.9 Å². The minimum absolute atomic E-state index is 0.246. The van der Waals surface area contributed by atoms with Crippen molar-refractivity contribution in [3.05, 3.63) is 129 Å². The molecule has 0 spiro atoms. The van der Waals surface area contributed by atoms with E-state index in [1.165, 1.54) is 20.4 Å². The quantitative estimate of drug-likeness (QED) is 0.0736. The SMILES string of the molecule is COc1ccc(C(=O)Oc2ccc3ccccc3c2/C=N\NC(=O)c2ccc(OCc3ccc(Cl)cc3Cl)cc2)cc1OC. The molecule has 5 rings (SSSR count). The summed E-state index contributed by atoms with van der Waals surface area (Å²) in [6.07, 6.45) is 1.45. The van der Waals surface area contributed by atoms with Crippen LogP contribution in [-0.4, -0.2) is 32.3 Å². The second-order valence-electron chi connectivity index (χ2n) is 9.41. The Morgan fingerprint density at radius 3 is 2.27 bits per heavy atom. The van der Waals surface area contributed by atoms with Gasteiger partial charge in [-0.25, -0.2) is 10.2 Å². The van der Waals surface area contributed by atoms with Crippen molar-refractivity contribution in [3.8, 4) is 23.0 Å². The third kappa shape index (κ3) is 7.11. The maximum absolute atomic E-state index is 13.1. The van der Waals surface area contributed by atoms with E-state index in [4.69, 9.17) is 42.1 Å². The van der Waals surface area contributed by atoms with Crippen molar-refractivity contribution in [2.24, 2.45) is 5.10 Å². The number of carbonyl (C=O) groups excluding carboxylic acids is 2. The average Bonchev–Trinajstić information content (AvgIpc) is 3.04. The Morgan fingerprint density at radius 1 is 0.795 bits per heavy atom. The van der Waals surface area contributed by atoms with Crippen LogP contribution in [0.1, 0.15) is 31.8 Å². The van der Waals surface area contributed by atoms with Gasteiger partial charge in [-0.1, -0.05) is 59.6 Å². The highest BCUT2D eigenvalue weighted by Crippen LogP contribution is 2.30. The summed E-state index contributed by atoms with van der Waals surface area (Å²) < 4.78 is 22.1. The minimum atomic E-state index is -0.597. The van der Waals surface area contributed by atoms with E-state index in [0.29, 0.717) is 38.4 Å². The Labute approximate surface area is 263 Å². The topological polar surface area (TPSA) is 95.5 Å². The van der Waals surface area contributed by atoms with Crippen LogP contribution < -0.4 is 24.4 Å². The van der Waals surface area contributed by atoms with Crippen LogP contribution in [0, 0.1) is 0 Å². The van der Waals surface area contributed by atoms with Gasteiger partial charge in [-0.2, -0.15) is 5.10 Å². The Bertz CT molecular complexity index is 1860. The van der Waals surface area contributed by atoms with Gasteiger partial charge in [0, 0.05) is 26.7 Å². The average molecular weight is 629 g/mol. The van der Waals surface area contributed by atoms with E-state index in [2.05, 4.69) is 10.5 Å². The van der Waals surface area contributed by atoms with Crippen molar-refractivity contribution in [2.75, 3.05) is 14.2 Å². The lowest BCUT2D eigenvalue weighted by Crippen LogP contribution is -2.17. The zero-order valence-electron chi connectivity index (χ0n) is 23.7.